The van der Waals surface area contributed by atoms with Crippen LogP contribution in [0.1, 0.15) is 6.42 Å². The number of carboxylic acid groups (broad SMARTS) is 1. The maximum Gasteiger partial charge on any atom is 0.334 e. The summed E-state index contributed by atoms with van der Waals surface area (Å²) >= 11 is 0. The average molecular weight is 212 g/mol. The van der Waals surface area contributed by atoms with E-state index in [2.05, 4.69) is 0 Å². The molecule has 0 aromatic rings. The zero-order valence-corrected chi connectivity index (χ0v) is 8.20. The van der Waals surface area contributed by atoms with Gasteiger partial charge in [-0.05, 0) is 12.2 Å². The van der Waals surface area contributed by atoms with Crippen molar-refractivity contribution in [2.24, 2.45) is 0 Å². The molecule has 0 saturated carbocycles. The molecule has 0 spiro atoms. The number of halogens is 1. The van der Waals surface area contributed by atoms with Crippen LogP contribution in [0.4, 0.5) is 0 Å². The van der Waals surface area contributed by atoms with Crippen molar-refractivity contribution in [2.45, 2.75) is 6.42 Å². The lowest BCUT2D eigenvalue weighted by Crippen LogP contribution is -2.18. The molecule has 0 unspecified atom stereocenters. The number of hydrogen-bond donors (Lipinski definition) is 1. The van der Waals surface area contributed by atoms with Gasteiger partial charge in [-0.3, -0.25) is 0 Å². The summed E-state index contributed by atoms with van der Waals surface area (Å²) in [5.41, 5.74) is 1.21. The van der Waals surface area contributed by atoms with E-state index in [0.717, 1.165) is 5.70 Å². The second-order valence-corrected chi connectivity index (χ2v) is 2.87. The first-order chi connectivity index (χ1) is 6.29. The molecule has 0 aromatic heterocycles. The molecule has 2 rings (SSSR count). The molecule has 4 heteroatoms. The highest BCUT2D eigenvalue weighted by molar-refractivity contribution is 5.88. The van der Waals surface area contributed by atoms with Gasteiger partial charge < -0.3 is 10.0 Å². The largest absolute Gasteiger partial charge is 0.478 e. The molecule has 0 fully saturated rings. The van der Waals surface area contributed by atoms with Crippen molar-refractivity contribution >= 4 is 18.4 Å². The predicted octanol–water partition coefficient (Wildman–Crippen LogP) is 2.05. The Morgan fingerprint density at radius 2 is 2.14 bits per heavy atom. The Hall–Kier alpha value is -1.48. The maximum absolute atomic E-state index is 10.8. The first-order valence-corrected chi connectivity index (χ1v) is 4.05. The van der Waals surface area contributed by atoms with Crippen molar-refractivity contribution in [1.82, 2.24) is 4.90 Å². The van der Waals surface area contributed by atoms with Gasteiger partial charge in [0.2, 0.25) is 0 Å². The molecule has 2 aliphatic rings. The van der Waals surface area contributed by atoms with Crippen molar-refractivity contribution in [3.63, 3.8) is 0 Å². The van der Waals surface area contributed by atoms with Crippen LogP contribution in [-0.2, 0) is 4.79 Å². The van der Waals surface area contributed by atoms with Crippen molar-refractivity contribution in [2.75, 3.05) is 0 Å². The normalized spacial score (nSPS) is 17.9. The molecular weight excluding hydrogens is 202 g/mol. The van der Waals surface area contributed by atoms with Crippen molar-refractivity contribution in [3.8, 4) is 0 Å². The Morgan fingerprint density at radius 3 is 2.86 bits per heavy atom. The van der Waals surface area contributed by atoms with Gasteiger partial charge in [0.15, 0.2) is 0 Å². The minimum Gasteiger partial charge on any atom is -0.478 e. The number of aliphatic carboxylic acids is 1. The summed E-state index contributed by atoms with van der Waals surface area (Å²) in [7, 11) is 0. The number of carbonyl (C=O) groups is 1. The predicted molar refractivity (Wildman–Crippen MR) is 55.8 cm³/mol. The summed E-state index contributed by atoms with van der Waals surface area (Å²) in [5, 5.41) is 8.90. The Balaban J connectivity index is 0.000000980. The topological polar surface area (TPSA) is 40.5 Å². The lowest BCUT2D eigenvalue weighted by molar-refractivity contribution is -0.132. The molecule has 74 valence electrons. The number of nitrogens with zero attached hydrogens (tertiary/aromatic N) is 1. The van der Waals surface area contributed by atoms with Gasteiger partial charge in [0.25, 0.3) is 0 Å². The fourth-order valence-corrected chi connectivity index (χ4v) is 1.43. The fourth-order valence-electron chi connectivity index (χ4n) is 1.43. The van der Waals surface area contributed by atoms with Gasteiger partial charge in [-0.1, -0.05) is 12.2 Å². The van der Waals surface area contributed by atoms with E-state index in [4.69, 9.17) is 5.11 Å². The molecular formula is C10H10ClNO2. The highest BCUT2D eigenvalue weighted by Crippen LogP contribution is 2.24. The standard InChI is InChI=1S/C10H9NO2.ClH/c12-10(13)8-4-3-7-11-6-2-1-5-9(8)11;/h1-3,5-7H,4H2,(H,12,13);1H. The second kappa shape index (κ2) is 4.15. The van der Waals surface area contributed by atoms with Crippen LogP contribution >= 0.6 is 12.4 Å². The number of rotatable bonds is 1. The Labute approximate surface area is 88.1 Å². The molecule has 0 aromatic carbocycles. The second-order valence-electron chi connectivity index (χ2n) is 2.87. The maximum atomic E-state index is 10.8. The molecule has 1 N–H and O–H groups in total. The van der Waals surface area contributed by atoms with Crippen molar-refractivity contribution in [1.29, 1.82) is 0 Å². The van der Waals surface area contributed by atoms with Crippen LogP contribution in [0.2, 0.25) is 0 Å². The first-order valence-electron chi connectivity index (χ1n) is 4.05. The zero-order chi connectivity index (χ0) is 9.26. The average Bonchev–Trinajstić information content (AvgIpc) is 2.17. The van der Waals surface area contributed by atoms with Gasteiger partial charge in [0.1, 0.15) is 0 Å². The molecule has 0 amide bonds. The monoisotopic (exact) mass is 211 g/mol. The smallest absolute Gasteiger partial charge is 0.334 e. The van der Waals surface area contributed by atoms with E-state index in [1.165, 1.54) is 0 Å². The quantitative estimate of drug-likeness (QED) is 0.722. The summed E-state index contributed by atoms with van der Waals surface area (Å²) in [5.74, 6) is -0.843. The molecule has 2 heterocycles. The van der Waals surface area contributed by atoms with Gasteiger partial charge in [0.05, 0.1) is 11.3 Å². The van der Waals surface area contributed by atoms with Gasteiger partial charge >= 0.3 is 5.97 Å². The van der Waals surface area contributed by atoms with E-state index < -0.39 is 5.97 Å². The number of carboxylic acids is 1. The van der Waals surface area contributed by atoms with Crippen LogP contribution < -0.4 is 0 Å². The van der Waals surface area contributed by atoms with Crippen molar-refractivity contribution in [3.05, 3.63) is 48.0 Å². The number of hydrogen-bond acceptors (Lipinski definition) is 2. The summed E-state index contributed by atoms with van der Waals surface area (Å²) in [4.78, 5) is 12.6. The fraction of sp³-hybridized carbons (Fsp3) is 0.100. The summed E-state index contributed by atoms with van der Waals surface area (Å²) in [6.45, 7) is 0. The van der Waals surface area contributed by atoms with E-state index in [1.807, 2.05) is 41.6 Å². The van der Waals surface area contributed by atoms with Gasteiger partial charge in [-0.15, -0.1) is 12.4 Å². The molecule has 2 aliphatic heterocycles. The SMILES string of the molecule is Cl.O=C(O)C1=C2C=CC=CN2C=CC1. The Kier molecular flexibility index (Phi) is 3.14. The molecule has 3 nitrogen and oxygen atoms in total. The van der Waals surface area contributed by atoms with E-state index in [0.29, 0.717) is 12.0 Å². The number of allylic oxidation sites excluding steroid dienone is 4. The van der Waals surface area contributed by atoms with Crippen LogP contribution in [0.25, 0.3) is 0 Å². The minimum absolute atomic E-state index is 0. The molecule has 0 atom stereocenters. The Bertz CT molecular complexity index is 366. The van der Waals surface area contributed by atoms with Crippen LogP contribution in [-0.4, -0.2) is 16.0 Å². The Morgan fingerprint density at radius 1 is 1.36 bits per heavy atom. The minimum atomic E-state index is -0.843. The number of fused-ring (bicyclic) bond motifs is 1. The van der Waals surface area contributed by atoms with E-state index in [-0.39, 0.29) is 12.4 Å². The van der Waals surface area contributed by atoms with Gasteiger partial charge in [-0.2, -0.15) is 0 Å². The van der Waals surface area contributed by atoms with Crippen LogP contribution in [0.5, 0.6) is 0 Å². The van der Waals surface area contributed by atoms with Crippen LogP contribution in [0, 0.1) is 0 Å². The third kappa shape index (κ3) is 1.72. The van der Waals surface area contributed by atoms with Crippen molar-refractivity contribution < 1.29 is 9.90 Å². The van der Waals surface area contributed by atoms with E-state index in [9.17, 15) is 4.79 Å². The highest BCUT2D eigenvalue weighted by Gasteiger charge is 2.18. The third-order valence-corrected chi connectivity index (χ3v) is 2.05. The molecule has 0 radical (unpaired) electrons. The molecule has 14 heavy (non-hydrogen) atoms. The molecule has 0 saturated heterocycles. The van der Waals surface area contributed by atoms with Crippen LogP contribution in [0.15, 0.2) is 48.0 Å². The van der Waals surface area contributed by atoms with Crippen LogP contribution in [0.3, 0.4) is 0 Å². The molecule has 0 bridgehead atoms. The summed E-state index contributed by atoms with van der Waals surface area (Å²) in [6, 6.07) is 0. The lowest BCUT2D eigenvalue weighted by Gasteiger charge is -2.24. The summed E-state index contributed by atoms with van der Waals surface area (Å²) in [6.07, 6.45) is 11.6. The first kappa shape index (κ1) is 10.6. The summed E-state index contributed by atoms with van der Waals surface area (Å²) < 4.78 is 0. The molecule has 0 aliphatic carbocycles. The van der Waals surface area contributed by atoms with E-state index in [1.54, 1.807) is 0 Å². The third-order valence-electron chi connectivity index (χ3n) is 2.05. The van der Waals surface area contributed by atoms with Gasteiger partial charge in [0, 0.05) is 18.8 Å². The van der Waals surface area contributed by atoms with Gasteiger partial charge in [-0.25, -0.2) is 4.79 Å². The van der Waals surface area contributed by atoms with E-state index >= 15 is 0 Å². The highest BCUT2D eigenvalue weighted by atomic mass is 35.5. The lowest BCUT2D eigenvalue weighted by atomic mass is 10.1. The zero-order valence-electron chi connectivity index (χ0n) is 7.38.